The molecule has 3 atom stereocenters. The van der Waals surface area contributed by atoms with E-state index in [9.17, 15) is 10.1 Å². The molecule has 0 aromatic heterocycles. The minimum absolute atomic E-state index is 0.217. The monoisotopic (exact) mass is 262 g/mol. The first kappa shape index (κ1) is 13.8. The van der Waals surface area contributed by atoms with Gasteiger partial charge in [-0.2, -0.15) is 0 Å². The Hall–Kier alpha value is -1.58. The van der Waals surface area contributed by atoms with Crippen molar-refractivity contribution in [2.75, 3.05) is 5.32 Å². The summed E-state index contributed by atoms with van der Waals surface area (Å²) in [4.78, 5) is 10.9. The average molecular weight is 262 g/mol. The molecule has 0 radical (unpaired) electrons. The van der Waals surface area contributed by atoms with Gasteiger partial charge in [0.15, 0.2) is 0 Å². The van der Waals surface area contributed by atoms with E-state index in [1.165, 1.54) is 12.8 Å². The predicted molar refractivity (Wildman–Crippen MR) is 77.4 cm³/mol. The van der Waals surface area contributed by atoms with Crippen LogP contribution < -0.4 is 5.32 Å². The summed E-state index contributed by atoms with van der Waals surface area (Å²) in [6, 6.07) is 5.83. The molecule has 0 heterocycles. The second kappa shape index (κ2) is 5.59. The van der Waals surface area contributed by atoms with E-state index in [-0.39, 0.29) is 10.6 Å². The van der Waals surface area contributed by atoms with Crippen LogP contribution in [0.25, 0.3) is 0 Å². The van der Waals surface area contributed by atoms with E-state index in [4.69, 9.17) is 0 Å². The third-order valence-electron chi connectivity index (χ3n) is 4.51. The van der Waals surface area contributed by atoms with Gasteiger partial charge in [-0.3, -0.25) is 10.1 Å². The zero-order valence-corrected chi connectivity index (χ0v) is 11.8. The van der Waals surface area contributed by atoms with Gasteiger partial charge in [0.25, 0.3) is 5.69 Å². The van der Waals surface area contributed by atoms with Gasteiger partial charge < -0.3 is 5.32 Å². The number of aryl methyl sites for hydroxylation is 1. The summed E-state index contributed by atoms with van der Waals surface area (Å²) in [6.45, 7) is 6.26. The molecule has 0 saturated heterocycles. The first-order valence-electron chi connectivity index (χ1n) is 7.05. The first-order chi connectivity index (χ1) is 9.04. The van der Waals surface area contributed by atoms with Crippen LogP contribution in [0.3, 0.4) is 0 Å². The van der Waals surface area contributed by atoms with Gasteiger partial charge in [0.2, 0.25) is 0 Å². The topological polar surface area (TPSA) is 55.2 Å². The Labute approximate surface area is 114 Å². The molecule has 0 aliphatic heterocycles. The molecule has 1 aliphatic rings. The third-order valence-corrected chi connectivity index (χ3v) is 4.51. The molecule has 1 aromatic carbocycles. The third kappa shape index (κ3) is 2.72. The van der Waals surface area contributed by atoms with Gasteiger partial charge in [-0.15, -0.1) is 0 Å². The molecule has 1 aliphatic carbocycles. The van der Waals surface area contributed by atoms with Crippen LogP contribution in [-0.2, 0) is 0 Å². The molecule has 0 amide bonds. The lowest BCUT2D eigenvalue weighted by Gasteiger charge is -2.22. The SMILES string of the molecule is CCC1CCC(Nc2cccc(C)c2[N+](=O)[O-])C1C. The summed E-state index contributed by atoms with van der Waals surface area (Å²) in [7, 11) is 0. The smallest absolute Gasteiger partial charge is 0.295 e. The summed E-state index contributed by atoms with van der Waals surface area (Å²) in [5, 5.41) is 14.6. The molecule has 0 spiro atoms. The second-order valence-corrected chi connectivity index (χ2v) is 5.58. The fourth-order valence-corrected chi connectivity index (χ4v) is 3.24. The van der Waals surface area contributed by atoms with E-state index in [0.29, 0.717) is 23.2 Å². The van der Waals surface area contributed by atoms with Gasteiger partial charge in [-0.25, -0.2) is 0 Å². The maximum Gasteiger partial charge on any atom is 0.295 e. The Morgan fingerprint density at radius 3 is 2.74 bits per heavy atom. The van der Waals surface area contributed by atoms with Crippen LogP contribution in [0.4, 0.5) is 11.4 Å². The highest BCUT2D eigenvalue weighted by molar-refractivity contribution is 5.65. The molecule has 4 nitrogen and oxygen atoms in total. The molecule has 1 N–H and O–H groups in total. The molecule has 2 rings (SSSR count). The number of rotatable bonds is 4. The summed E-state index contributed by atoms with van der Waals surface area (Å²) in [6.07, 6.45) is 3.51. The van der Waals surface area contributed by atoms with Gasteiger partial charge in [-0.05, 0) is 37.7 Å². The van der Waals surface area contributed by atoms with E-state index in [0.717, 1.165) is 12.3 Å². The summed E-state index contributed by atoms with van der Waals surface area (Å²) in [5.41, 5.74) is 1.60. The van der Waals surface area contributed by atoms with Crippen LogP contribution in [0.15, 0.2) is 18.2 Å². The number of hydrogen-bond donors (Lipinski definition) is 1. The van der Waals surface area contributed by atoms with Crippen LogP contribution in [-0.4, -0.2) is 11.0 Å². The van der Waals surface area contributed by atoms with Gasteiger partial charge in [0.1, 0.15) is 5.69 Å². The number of nitro groups is 1. The maximum atomic E-state index is 11.2. The van der Waals surface area contributed by atoms with Crippen molar-refractivity contribution in [3.05, 3.63) is 33.9 Å². The Morgan fingerprint density at radius 1 is 1.42 bits per heavy atom. The normalized spacial score (nSPS) is 26.4. The minimum atomic E-state index is -0.283. The quantitative estimate of drug-likeness (QED) is 0.655. The maximum absolute atomic E-state index is 11.2. The van der Waals surface area contributed by atoms with Crippen molar-refractivity contribution < 1.29 is 4.92 Å². The van der Waals surface area contributed by atoms with Crippen LogP contribution in [0.2, 0.25) is 0 Å². The Balaban J connectivity index is 2.20. The fraction of sp³-hybridized carbons (Fsp3) is 0.600. The second-order valence-electron chi connectivity index (χ2n) is 5.58. The zero-order chi connectivity index (χ0) is 14.0. The van der Waals surface area contributed by atoms with Crippen LogP contribution in [0.5, 0.6) is 0 Å². The minimum Gasteiger partial charge on any atom is -0.376 e. The standard InChI is InChI=1S/C15H22N2O2/c1-4-12-8-9-13(11(12)3)16-14-7-5-6-10(2)15(14)17(18)19/h5-7,11-13,16H,4,8-9H2,1-3H3. The molecule has 4 heteroatoms. The lowest BCUT2D eigenvalue weighted by Crippen LogP contribution is -2.25. The number of para-hydroxylation sites is 1. The molecule has 1 aromatic rings. The fourth-order valence-electron chi connectivity index (χ4n) is 3.24. The average Bonchev–Trinajstić information content (AvgIpc) is 2.70. The first-order valence-corrected chi connectivity index (χ1v) is 7.05. The van der Waals surface area contributed by atoms with Crippen LogP contribution in [0, 0.1) is 28.9 Å². The van der Waals surface area contributed by atoms with Gasteiger partial charge in [0.05, 0.1) is 4.92 Å². The highest BCUT2D eigenvalue weighted by atomic mass is 16.6. The lowest BCUT2D eigenvalue weighted by molar-refractivity contribution is -0.384. The molecular formula is C15H22N2O2. The molecule has 19 heavy (non-hydrogen) atoms. The lowest BCUT2D eigenvalue weighted by atomic mass is 9.93. The van der Waals surface area contributed by atoms with Crippen molar-refractivity contribution in [2.24, 2.45) is 11.8 Å². The zero-order valence-electron chi connectivity index (χ0n) is 11.8. The molecule has 3 unspecified atom stereocenters. The summed E-state index contributed by atoms with van der Waals surface area (Å²) >= 11 is 0. The van der Waals surface area contributed by atoms with Gasteiger partial charge in [0, 0.05) is 11.6 Å². The Morgan fingerprint density at radius 2 is 2.16 bits per heavy atom. The van der Waals surface area contributed by atoms with E-state index in [2.05, 4.69) is 19.2 Å². The van der Waals surface area contributed by atoms with Crippen LogP contribution in [0.1, 0.15) is 38.7 Å². The van der Waals surface area contributed by atoms with Crippen LogP contribution >= 0.6 is 0 Å². The number of hydrogen-bond acceptors (Lipinski definition) is 3. The van der Waals surface area contributed by atoms with E-state index in [1.54, 1.807) is 13.0 Å². The Bertz CT molecular complexity index is 473. The van der Waals surface area contributed by atoms with E-state index in [1.807, 2.05) is 12.1 Å². The number of nitrogens with zero attached hydrogens (tertiary/aromatic N) is 1. The molecule has 0 bridgehead atoms. The number of nitro benzene ring substituents is 1. The van der Waals surface area contributed by atoms with Crippen molar-refractivity contribution in [2.45, 2.75) is 46.1 Å². The van der Waals surface area contributed by atoms with Crippen molar-refractivity contribution in [1.29, 1.82) is 0 Å². The van der Waals surface area contributed by atoms with Crippen molar-refractivity contribution in [3.63, 3.8) is 0 Å². The van der Waals surface area contributed by atoms with Gasteiger partial charge in [-0.1, -0.05) is 32.4 Å². The number of anilines is 1. The molecule has 104 valence electrons. The largest absolute Gasteiger partial charge is 0.376 e. The van der Waals surface area contributed by atoms with Crippen molar-refractivity contribution in [1.82, 2.24) is 0 Å². The Kier molecular flexibility index (Phi) is 4.08. The highest BCUT2D eigenvalue weighted by Gasteiger charge is 2.32. The van der Waals surface area contributed by atoms with E-state index < -0.39 is 0 Å². The predicted octanol–water partition coefficient (Wildman–Crippen LogP) is 4.14. The number of nitrogens with one attached hydrogen (secondary N) is 1. The van der Waals surface area contributed by atoms with Gasteiger partial charge >= 0.3 is 0 Å². The highest BCUT2D eigenvalue weighted by Crippen LogP contribution is 2.37. The molecule has 1 fully saturated rings. The van der Waals surface area contributed by atoms with Crippen molar-refractivity contribution >= 4 is 11.4 Å². The summed E-state index contributed by atoms with van der Waals surface area (Å²) in [5.74, 6) is 1.31. The van der Waals surface area contributed by atoms with Crippen molar-refractivity contribution in [3.8, 4) is 0 Å². The summed E-state index contributed by atoms with van der Waals surface area (Å²) < 4.78 is 0. The molecular weight excluding hydrogens is 240 g/mol. The molecule has 1 saturated carbocycles. The number of benzene rings is 1. The van der Waals surface area contributed by atoms with E-state index >= 15 is 0 Å².